The largest absolute Gasteiger partial charge is 0.497 e. The van der Waals surface area contributed by atoms with Crippen LogP contribution in [0.1, 0.15) is 15.9 Å². The van der Waals surface area contributed by atoms with E-state index in [0.29, 0.717) is 0 Å². The van der Waals surface area contributed by atoms with Gasteiger partial charge in [0.25, 0.3) is 0 Å². The number of aryl methyl sites for hydroxylation is 1. The zero-order valence-electron chi connectivity index (χ0n) is 10.3. The van der Waals surface area contributed by atoms with Crippen LogP contribution in [-0.2, 0) is 0 Å². The Bertz CT molecular complexity index is 529. The van der Waals surface area contributed by atoms with Crippen LogP contribution in [0.15, 0.2) is 53.4 Å². The molecular weight excluding hydrogens is 244 g/mol. The number of carbonyl (C=O) groups is 1. The second-order valence-corrected chi connectivity index (χ2v) is 4.98. The number of carbonyl (C=O) groups excluding carboxylic acids is 1. The first-order chi connectivity index (χ1) is 8.69. The Morgan fingerprint density at radius 3 is 2.17 bits per heavy atom. The molecule has 92 valence electrons. The minimum Gasteiger partial charge on any atom is -0.497 e. The van der Waals surface area contributed by atoms with Gasteiger partial charge < -0.3 is 4.74 Å². The number of hydrogen-bond acceptors (Lipinski definition) is 3. The lowest BCUT2D eigenvalue weighted by Crippen LogP contribution is -1.93. The average molecular weight is 258 g/mol. The number of rotatable bonds is 3. The minimum absolute atomic E-state index is 0.0557. The van der Waals surface area contributed by atoms with Gasteiger partial charge in [-0.1, -0.05) is 29.8 Å². The lowest BCUT2D eigenvalue weighted by molar-refractivity contribution is 0.108. The molecule has 0 aliphatic heterocycles. The first-order valence-corrected chi connectivity index (χ1v) is 6.43. The van der Waals surface area contributed by atoms with Gasteiger partial charge in [-0.2, -0.15) is 0 Å². The van der Waals surface area contributed by atoms with E-state index in [9.17, 15) is 4.79 Å². The number of benzene rings is 2. The molecule has 18 heavy (non-hydrogen) atoms. The van der Waals surface area contributed by atoms with Gasteiger partial charge in [0.15, 0.2) is 0 Å². The Labute approximate surface area is 111 Å². The summed E-state index contributed by atoms with van der Waals surface area (Å²) in [6.07, 6.45) is 0. The lowest BCUT2D eigenvalue weighted by atomic mass is 10.2. The number of ether oxygens (including phenoxy) is 1. The van der Waals surface area contributed by atoms with Gasteiger partial charge in [-0.05, 0) is 43.0 Å². The molecule has 0 unspecified atom stereocenters. The molecule has 0 aliphatic rings. The Morgan fingerprint density at radius 2 is 1.61 bits per heavy atom. The van der Waals surface area contributed by atoms with E-state index in [2.05, 4.69) is 0 Å². The standard InChI is InChI=1S/C15H14O2S/c1-11-3-5-12(6-4-11)15(16)18-14-9-7-13(17-2)8-10-14/h3-10H,1-2H3. The van der Waals surface area contributed by atoms with Crippen LogP contribution < -0.4 is 4.74 Å². The summed E-state index contributed by atoms with van der Waals surface area (Å²) in [6, 6.07) is 15.1. The van der Waals surface area contributed by atoms with Gasteiger partial charge in [-0.15, -0.1) is 0 Å². The molecular formula is C15H14O2S. The fourth-order valence-electron chi connectivity index (χ4n) is 1.50. The van der Waals surface area contributed by atoms with Crippen molar-refractivity contribution in [2.45, 2.75) is 11.8 Å². The smallest absolute Gasteiger partial charge is 0.224 e. The summed E-state index contributed by atoms with van der Waals surface area (Å²) in [6.45, 7) is 2.00. The van der Waals surface area contributed by atoms with Crippen molar-refractivity contribution in [3.05, 3.63) is 59.7 Å². The quantitative estimate of drug-likeness (QED) is 0.780. The van der Waals surface area contributed by atoms with E-state index in [4.69, 9.17) is 4.74 Å². The van der Waals surface area contributed by atoms with Crippen molar-refractivity contribution in [1.29, 1.82) is 0 Å². The molecule has 0 heterocycles. The Morgan fingerprint density at radius 1 is 1.00 bits per heavy atom. The molecule has 0 saturated carbocycles. The van der Waals surface area contributed by atoms with Crippen molar-refractivity contribution in [2.75, 3.05) is 7.11 Å². The summed E-state index contributed by atoms with van der Waals surface area (Å²) in [4.78, 5) is 12.9. The molecule has 0 fully saturated rings. The van der Waals surface area contributed by atoms with E-state index in [-0.39, 0.29) is 5.12 Å². The van der Waals surface area contributed by atoms with E-state index in [1.54, 1.807) is 7.11 Å². The van der Waals surface area contributed by atoms with E-state index in [0.717, 1.165) is 21.8 Å². The predicted octanol–water partition coefficient (Wildman–Crippen LogP) is 3.94. The molecule has 0 bridgehead atoms. The van der Waals surface area contributed by atoms with Crippen molar-refractivity contribution < 1.29 is 9.53 Å². The van der Waals surface area contributed by atoms with Crippen LogP contribution in [0.2, 0.25) is 0 Å². The Hall–Kier alpha value is -1.74. The highest BCUT2D eigenvalue weighted by molar-refractivity contribution is 8.14. The Kier molecular flexibility index (Phi) is 4.05. The SMILES string of the molecule is COc1ccc(SC(=O)c2ccc(C)cc2)cc1. The summed E-state index contributed by atoms with van der Waals surface area (Å²) < 4.78 is 5.08. The molecule has 2 aromatic rings. The highest BCUT2D eigenvalue weighted by Gasteiger charge is 2.07. The van der Waals surface area contributed by atoms with E-state index < -0.39 is 0 Å². The van der Waals surface area contributed by atoms with Crippen molar-refractivity contribution in [1.82, 2.24) is 0 Å². The van der Waals surface area contributed by atoms with Crippen LogP contribution in [0.3, 0.4) is 0 Å². The molecule has 2 aromatic carbocycles. The molecule has 0 amide bonds. The van der Waals surface area contributed by atoms with Gasteiger partial charge in [0, 0.05) is 10.5 Å². The third-order valence-corrected chi connectivity index (χ3v) is 3.49. The monoisotopic (exact) mass is 258 g/mol. The van der Waals surface area contributed by atoms with Crippen LogP contribution in [0.4, 0.5) is 0 Å². The summed E-state index contributed by atoms with van der Waals surface area (Å²) in [5.74, 6) is 0.794. The number of methoxy groups -OCH3 is 1. The highest BCUT2D eigenvalue weighted by atomic mass is 32.2. The molecule has 0 spiro atoms. The van der Waals surface area contributed by atoms with Gasteiger partial charge in [-0.25, -0.2) is 0 Å². The van der Waals surface area contributed by atoms with Crippen molar-refractivity contribution in [3.63, 3.8) is 0 Å². The van der Waals surface area contributed by atoms with E-state index in [1.165, 1.54) is 11.8 Å². The summed E-state index contributed by atoms with van der Waals surface area (Å²) in [5, 5.41) is 0.0557. The van der Waals surface area contributed by atoms with Gasteiger partial charge >= 0.3 is 0 Å². The molecule has 0 saturated heterocycles. The molecule has 0 N–H and O–H groups in total. The maximum absolute atomic E-state index is 12.0. The molecule has 0 atom stereocenters. The molecule has 2 rings (SSSR count). The van der Waals surface area contributed by atoms with Crippen LogP contribution in [0, 0.1) is 6.92 Å². The Balaban J connectivity index is 2.08. The zero-order valence-corrected chi connectivity index (χ0v) is 11.2. The molecule has 0 aromatic heterocycles. The second kappa shape index (κ2) is 5.74. The van der Waals surface area contributed by atoms with Gasteiger partial charge in [-0.3, -0.25) is 4.79 Å². The highest BCUT2D eigenvalue weighted by Crippen LogP contribution is 2.24. The minimum atomic E-state index is 0.0557. The predicted molar refractivity (Wildman–Crippen MR) is 74.4 cm³/mol. The number of hydrogen-bond donors (Lipinski definition) is 0. The van der Waals surface area contributed by atoms with Crippen LogP contribution in [-0.4, -0.2) is 12.2 Å². The zero-order chi connectivity index (χ0) is 13.0. The summed E-state index contributed by atoms with van der Waals surface area (Å²) >= 11 is 1.23. The normalized spacial score (nSPS) is 10.1. The molecule has 2 nitrogen and oxygen atoms in total. The van der Waals surface area contributed by atoms with Crippen LogP contribution in [0.5, 0.6) is 5.75 Å². The van der Waals surface area contributed by atoms with Gasteiger partial charge in [0.2, 0.25) is 5.12 Å². The average Bonchev–Trinajstić information content (AvgIpc) is 2.40. The van der Waals surface area contributed by atoms with Crippen LogP contribution >= 0.6 is 11.8 Å². The summed E-state index contributed by atoms with van der Waals surface area (Å²) in [7, 11) is 1.62. The fraction of sp³-hybridized carbons (Fsp3) is 0.133. The second-order valence-electron chi connectivity index (χ2n) is 3.93. The first kappa shape index (κ1) is 12.7. The maximum Gasteiger partial charge on any atom is 0.224 e. The van der Waals surface area contributed by atoms with Crippen molar-refractivity contribution in [2.24, 2.45) is 0 Å². The van der Waals surface area contributed by atoms with E-state index in [1.807, 2.05) is 55.5 Å². The van der Waals surface area contributed by atoms with Gasteiger partial charge in [0.05, 0.1) is 7.11 Å². The fourth-order valence-corrected chi connectivity index (χ4v) is 2.24. The third-order valence-electron chi connectivity index (χ3n) is 2.56. The molecule has 0 radical (unpaired) electrons. The lowest BCUT2D eigenvalue weighted by Gasteiger charge is -2.03. The topological polar surface area (TPSA) is 26.3 Å². The van der Waals surface area contributed by atoms with Crippen molar-refractivity contribution in [3.8, 4) is 5.75 Å². The summed E-state index contributed by atoms with van der Waals surface area (Å²) in [5.41, 5.74) is 1.88. The first-order valence-electron chi connectivity index (χ1n) is 5.62. The molecule has 3 heteroatoms. The van der Waals surface area contributed by atoms with Crippen molar-refractivity contribution >= 4 is 16.9 Å². The van der Waals surface area contributed by atoms with Gasteiger partial charge in [0.1, 0.15) is 5.75 Å². The van der Waals surface area contributed by atoms with Crippen LogP contribution in [0.25, 0.3) is 0 Å². The number of thioether (sulfide) groups is 1. The third kappa shape index (κ3) is 3.14. The van der Waals surface area contributed by atoms with E-state index >= 15 is 0 Å². The molecule has 0 aliphatic carbocycles. The maximum atomic E-state index is 12.0.